The van der Waals surface area contributed by atoms with Gasteiger partial charge in [-0.2, -0.15) is 0 Å². The first-order valence-electron chi connectivity index (χ1n) is 20.4. The summed E-state index contributed by atoms with van der Waals surface area (Å²) in [6.45, 7) is 7.06. The fourth-order valence-corrected chi connectivity index (χ4v) is 12.5. The van der Waals surface area contributed by atoms with Crippen LogP contribution >= 0.6 is 0 Å². The number of aliphatic hydroxyl groups excluding tert-OH is 1. The minimum Gasteiger partial charge on any atom is -0.394 e. The molecular formula is C42H57FN4O6Si. The zero-order valence-corrected chi connectivity index (χ0v) is 33.2. The summed E-state index contributed by atoms with van der Waals surface area (Å²) < 4.78 is 23.6. The van der Waals surface area contributed by atoms with E-state index in [9.17, 15) is 19.5 Å². The van der Waals surface area contributed by atoms with E-state index in [1.54, 1.807) is 22.9 Å². The van der Waals surface area contributed by atoms with Gasteiger partial charge >= 0.3 is 0 Å². The lowest BCUT2D eigenvalue weighted by molar-refractivity contribution is -0.150. The summed E-state index contributed by atoms with van der Waals surface area (Å²) in [5, 5.41) is 9.96. The normalized spacial score (nSPS) is 28.4. The molecule has 12 heteroatoms. The molecule has 292 valence electrons. The lowest BCUT2D eigenvalue weighted by atomic mass is 9.82. The highest BCUT2D eigenvalue weighted by Gasteiger charge is 2.67. The number of hydrogen-bond acceptors (Lipinski definition) is 6. The number of halogens is 1. The van der Waals surface area contributed by atoms with Crippen molar-refractivity contribution in [2.45, 2.75) is 133 Å². The maximum atomic E-state index is 16.6. The van der Waals surface area contributed by atoms with Gasteiger partial charge in [0, 0.05) is 60.9 Å². The third kappa shape index (κ3) is 7.25. The van der Waals surface area contributed by atoms with Crippen LogP contribution in [0.5, 0.6) is 0 Å². The highest BCUT2D eigenvalue weighted by Crippen LogP contribution is 2.61. The number of carbonyl (C=O) groups is 4. The topological polar surface area (TPSA) is 111 Å². The molecule has 0 bridgehead atoms. The molecule has 5 aliphatic rings. The van der Waals surface area contributed by atoms with Gasteiger partial charge in [0.05, 0.1) is 37.4 Å². The van der Waals surface area contributed by atoms with Gasteiger partial charge in [0.25, 0.3) is 5.91 Å². The number of hydrogen-bond donors (Lipinski definition) is 1. The van der Waals surface area contributed by atoms with Gasteiger partial charge in [-0.05, 0) is 87.5 Å². The molecule has 5 aliphatic heterocycles. The van der Waals surface area contributed by atoms with Gasteiger partial charge < -0.3 is 33.6 Å². The van der Waals surface area contributed by atoms with Gasteiger partial charge in [0.1, 0.15) is 0 Å². The average molecular weight is 761 g/mol. The van der Waals surface area contributed by atoms with Crippen LogP contribution < -0.4 is 14.7 Å². The number of aliphatic hydroxyl groups is 1. The van der Waals surface area contributed by atoms with E-state index in [4.69, 9.17) is 4.74 Å². The van der Waals surface area contributed by atoms with Crippen LogP contribution in [-0.2, 0) is 36.1 Å². The van der Waals surface area contributed by atoms with Crippen LogP contribution in [-0.4, -0.2) is 80.4 Å². The molecule has 7 rings (SSSR count). The molecule has 54 heavy (non-hydrogen) atoms. The summed E-state index contributed by atoms with van der Waals surface area (Å²) in [4.78, 5) is 62.5. The molecule has 0 saturated carbocycles. The second kappa shape index (κ2) is 15.9. The number of amides is 4. The maximum Gasteiger partial charge on any atom is 0.264 e. The Morgan fingerprint density at radius 1 is 0.852 bits per heavy atom. The SMILES string of the molecule is C[C@@H]1[C@@H]([Si](C)(C)F)[C@H](CC(=O)N2CCC[C@H]2CO)O[C@@]12C(=O)N(Cc1ccc(N3CCCCCCC3=O)cc1)c1ccc(N3CCCCCCC3=O)cc12. The van der Waals surface area contributed by atoms with E-state index in [0.29, 0.717) is 49.4 Å². The Bertz CT molecular complexity index is 1730. The third-order valence-corrected chi connectivity index (χ3v) is 15.2. The monoisotopic (exact) mass is 760 g/mol. The molecule has 1 N–H and O–H groups in total. The molecule has 4 fully saturated rings. The molecule has 0 unspecified atom stereocenters. The van der Waals surface area contributed by atoms with Crippen molar-refractivity contribution in [3.8, 4) is 0 Å². The largest absolute Gasteiger partial charge is 0.394 e. The minimum absolute atomic E-state index is 0.0478. The first-order valence-corrected chi connectivity index (χ1v) is 23.3. The summed E-state index contributed by atoms with van der Waals surface area (Å²) in [6.07, 6.45) is 9.43. The second-order valence-electron chi connectivity index (χ2n) is 16.7. The smallest absolute Gasteiger partial charge is 0.264 e. The number of nitrogens with zero attached hydrogens (tertiary/aromatic N) is 4. The number of likely N-dealkylation sites (tertiary alicyclic amines) is 1. The Morgan fingerprint density at radius 2 is 1.46 bits per heavy atom. The average Bonchev–Trinajstić information content (AvgIpc) is 3.79. The van der Waals surface area contributed by atoms with Crippen LogP contribution in [0.4, 0.5) is 21.2 Å². The predicted molar refractivity (Wildman–Crippen MR) is 209 cm³/mol. The van der Waals surface area contributed by atoms with Crippen molar-refractivity contribution < 1.29 is 33.1 Å². The zero-order valence-electron chi connectivity index (χ0n) is 32.2. The highest BCUT2D eigenvalue weighted by atomic mass is 28.4. The second-order valence-corrected chi connectivity index (χ2v) is 20.5. The van der Waals surface area contributed by atoms with Gasteiger partial charge in [0.2, 0.25) is 26.1 Å². The van der Waals surface area contributed by atoms with Crippen molar-refractivity contribution in [2.24, 2.45) is 5.92 Å². The summed E-state index contributed by atoms with van der Waals surface area (Å²) in [6, 6.07) is 13.3. The highest BCUT2D eigenvalue weighted by molar-refractivity contribution is 6.72. The van der Waals surface area contributed by atoms with Crippen LogP contribution in [0.25, 0.3) is 0 Å². The summed E-state index contributed by atoms with van der Waals surface area (Å²) in [5.74, 6) is -0.897. The Hall–Kier alpha value is -3.61. The van der Waals surface area contributed by atoms with Gasteiger partial charge in [-0.1, -0.05) is 44.7 Å². The summed E-state index contributed by atoms with van der Waals surface area (Å²) >= 11 is 0. The van der Waals surface area contributed by atoms with Crippen LogP contribution in [0.1, 0.15) is 102 Å². The van der Waals surface area contributed by atoms with E-state index in [1.165, 1.54) is 0 Å². The van der Waals surface area contributed by atoms with Gasteiger partial charge in [-0.3, -0.25) is 19.2 Å². The van der Waals surface area contributed by atoms with Gasteiger partial charge in [0.15, 0.2) is 5.60 Å². The summed E-state index contributed by atoms with van der Waals surface area (Å²) in [7, 11) is -3.54. The molecular weight excluding hydrogens is 704 g/mol. The maximum absolute atomic E-state index is 16.6. The van der Waals surface area contributed by atoms with E-state index in [0.717, 1.165) is 75.5 Å². The molecule has 4 saturated heterocycles. The molecule has 2 aromatic rings. The number of ether oxygens (including phenoxy) is 1. The molecule has 10 nitrogen and oxygen atoms in total. The summed E-state index contributed by atoms with van der Waals surface area (Å²) in [5.41, 5.74) is 1.47. The van der Waals surface area contributed by atoms with E-state index < -0.39 is 31.6 Å². The van der Waals surface area contributed by atoms with Crippen LogP contribution in [0.2, 0.25) is 18.6 Å². The van der Waals surface area contributed by atoms with Crippen LogP contribution in [0.15, 0.2) is 42.5 Å². The van der Waals surface area contributed by atoms with Crippen molar-refractivity contribution >= 4 is 49.1 Å². The lowest BCUT2D eigenvalue weighted by Crippen LogP contribution is -2.45. The van der Waals surface area contributed by atoms with E-state index in [2.05, 4.69) is 0 Å². The first-order chi connectivity index (χ1) is 25.9. The van der Waals surface area contributed by atoms with Gasteiger partial charge in [-0.25, -0.2) is 0 Å². The molecule has 5 atom stereocenters. The van der Waals surface area contributed by atoms with Crippen molar-refractivity contribution in [3.05, 3.63) is 53.6 Å². The standard InChI is InChI=1S/C42H57FN4O6Si/c1-29-40(54(2,3)43)36(26-39(51)46-24-12-13-33(46)28-48)53-42(29)34-25-32(45-23-11-7-5-9-15-38(45)50)20-21-35(34)47(41(42)52)27-30-16-18-31(19-17-30)44-22-10-6-4-8-14-37(44)49/h16-21,25,29,33,36,40,48H,4-15,22-24,26-28H2,1-3H3/t29-,33+,36+,40-,42+/m1/s1. The fourth-order valence-electron chi connectivity index (χ4n) is 10.0. The Morgan fingerprint density at radius 3 is 2.09 bits per heavy atom. The Balaban J connectivity index is 1.25. The predicted octanol–water partition coefficient (Wildman–Crippen LogP) is 6.98. The van der Waals surface area contributed by atoms with E-state index >= 15 is 8.90 Å². The molecule has 1 spiro atoms. The zero-order chi connectivity index (χ0) is 38.2. The van der Waals surface area contributed by atoms with Gasteiger partial charge in [-0.15, -0.1) is 0 Å². The number of anilines is 3. The molecule has 0 aliphatic carbocycles. The number of rotatable bonds is 8. The lowest BCUT2D eigenvalue weighted by Gasteiger charge is -2.32. The molecule has 2 aromatic carbocycles. The molecule has 0 aromatic heterocycles. The Kier molecular flexibility index (Phi) is 11.4. The van der Waals surface area contributed by atoms with Crippen molar-refractivity contribution in [2.75, 3.05) is 40.9 Å². The van der Waals surface area contributed by atoms with Crippen molar-refractivity contribution in [3.63, 3.8) is 0 Å². The van der Waals surface area contributed by atoms with Crippen LogP contribution in [0, 0.1) is 5.92 Å². The molecule has 0 radical (unpaired) electrons. The quantitative estimate of drug-likeness (QED) is 0.230. The number of carbonyl (C=O) groups excluding carboxylic acids is 4. The first kappa shape index (κ1) is 38.7. The van der Waals surface area contributed by atoms with Crippen LogP contribution in [0.3, 0.4) is 0 Å². The van der Waals surface area contributed by atoms with Crippen molar-refractivity contribution in [1.29, 1.82) is 0 Å². The number of benzene rings is 2. The van der Waals surface area contributed by atoms with Crippen molar-refractivity contribution in [1.82, 2.24) is 4.90 Å². The fraction of sp³-hybridized carbons (Fsp3) is 0.619. The van der Waals surface area contributed by atoms with E-state index in [1.807, 2.05) is 59.2 Å². The third-order valence-electron chi connectivity index (χ3n) is 12.8. The Labute approximate surface area is 320 Å². The number of fused-ring (bicyclic) bond motifs is 2. The van der Waals surface area contributed by atoms with E-state index in [-0.39, 0.29) is 49.2 Å². The minimum atomic E-state index is -3.54. The molecule has 4 amide bonds. The molecule has 5 heterocycles.